The van der Waals surface area contributed by atoms with Crippen LogP contribution < -0.4 is 23.7 Å². The van der Waals surface area contributed by atoms with Gasteiger partial charge in [-0.15, -0.1) is 0 Å². The van der Waals surface area contributed by atoms with Gasteiger partial charge in [0.1, 0.15) is 4.32 Å². The fourth-order valence-electron chi connectivity index (χ4n) is 5.26. The molecule has 0 N–H and O–H groups in total. The standard InChI is InChI=1S/C25H27BrO9/c1-28-5-6-32-22-15-10-18-17(34-12-35-18)9-14(15)21(25(26)16(22)11-33-24(25)27)13-7-19(29-2)23(31-4)20(8-13)30-3/h7-10,16,21-22H,5-6,11-12H2,1-4H3/t16-,21-,22+,25+/m1/s1. The first kappa shape index (κ1) is 24.0. The van der Waals surface area contributed by atoms with E-state index in [1.807, 2.05) is 24.3 Å². The van der Waals surface area contributed by atoms with Crippen molar-refractivity contribution in [1.82, 2.24) is 0 Å². The maximum atomic E-state index is 13.4. The van der Waals surface area contributed by atoms with Crippen molar-refractivity contribution in [3.8, 4) is 28.7 Å². The van der Waals surface area contributed by atoms with Crippen molar-refractivity contribution in [3.05, 3.63) is 41.0 Å². The van der Waals surface area contributed by atoms with Crippen LogP contribution in [0.25, 0.3) is 0 Å². The maximum absolute atomic E-state index is 13.4. The maximum Gasteiger partial charge on any atom is 0.324 e. The topological polar surface area (TPSA) is 90.9 Å². The van der Waals surface area contributed by atoms with E-state index in [1.54, 1.807) is 28.4 Å². The Hall–Kier alpha value is -2.69. The summed E-state index contributed by atoms with van der Waals surface area (Å²) in [6.07, 6.45) is -0.432. The average Bonchev–Trinajstić information content (AvgIpc) is 3.45. The van der Waals surface area contributed by atoms with Crippen LogP contribution in [0.15, 0.2) is 24.3 Å². The molecule has 4 atom stereocenters. The second-order valence-corrected chi connectivity index (χ2v) is 9.80. The molecule has 2 heterocycles. The minimum Gasteiger partial charge on any atom is -0.493 e. The minimum atomic E-state index is -1.10. The molecule has 3 aliphatic rings. The van der Waals surface area contributed by atoms with Crippen LogP contribution in [0.5, 0.6) is 28.7 Å². The van der Waals surface area contributed by atoms with Crippen LogP contribution in [0, 0.1) is 5.92 Å². The number of cyclic esters (lactones) is 1. The molecule has 2 aromatic carbocycles. The highest BCUT2D eigenvalue weighted by atomic mass is 79.9. The van der Waals surface area contributed by atoms with Crippen molar-refractivity contribution in [2.75, 3.05) is 55.1 Å². The summed E-state index contributed by atoms with van der Waals surface area (Å²) in [5, 5.41) is 0. The third-order valence-electron chi connectivity index (χ3n) is 6.83. The van der Waals surface area contributed by atoms with Gasteiger partial charge in [-0.1, -0.05) is 15.9 Å². The normalized spacial score (nSPS) is 26.1. The summed E-state index contributed by atoms with van der Waals surface area (Å²) in [6.45, 7) is 1.12. The third-order valence-corrected chi connectivity index (χ3v) is 8.20. The van der Waals surface area contributed by atoms with E-state index in [0.717, 1.165) is 16.7 Å². The number of carbonyl (C=O) groups excluding carboxylic acids is 1. The highest BCUT2D eigenvalue weighted by molar-refractivity contribution is 9.10. The predicted octanol–water partition coefficient (Wildman–Crippen LogP) is 3.60. The quantitative estimate of drug-likeness (QED) is 0.277. The lowest BCUT2D eigenvalue weighted by Crippen LogP contribution is -2.48. The first-order valence-electron chi connectivity index (χ1n) is 11.2. The number of benzene rings is 2. The van der Waals surface area contributed by atoms with Crippen molar-refractivity contribution in [2.45, 2.75) is 16.3 Å². The van der Waals surface area contributed by atoms with Crippen molar-refractivity contribution < 1.29 is 42.7 Å². The molecule has 2 aromatic rings. The van der Waals surface area contributed by atoms with E-state index in [-0.39, 0.29) is 25.3 Å². The van der Waals surface area contributed by atoms with E-state index in [9.17, 15) is 4.79 Å². The van der Waals surface area contributed by atoms with Crippen molar-refractivity contribution in [2.24, 2.45) is 5.92 Å². The lowest BCUT2D eigenvalue weighted by Gasteiger charge is -2.44. The zero-order chi connectivity index (χ0) is 24.7. The van der Waals surface area contributed by atoms with Crippen molar-refractivity contribution in [3.63, 3.8) is 0 Å². The number of methoxy groups -OCH3 is 4. The summed E-state index contributed by atoms with van der Waals surface area (Å²) in [5.74, 6) is 1.55. The zero-order valence-electron chi connectivity index (χ0n) is 19.9. The molecule has 9 nitrogen and oxygen atoms in total. The van der Waals surface area contributed by atoms with Gasteiger partial charge in [0.15, 0.2) is 23.0 Å². The van der Waals surface area contributed by atoms with Crippen LogP contribution in [0.4, 0.5) is 0 Å². The number of fused-ring (bicyclic) bond motifs is 3. The summed E-state index contributed by atoms with van der Waals surface area (Å²) < 4.78 is 44.1. The summed E-state index contributed by atoms with van der Waals surface area (Å²) in [6, 6.07) is 7.58. The van der Waals surface area contributed by atoms with Crippen molar-refractivity contribution >= 4 is 21.9 Å². The number of carbonyl (C=O) groups is 1. The summed E-state index contributed by atoms with van der Waals surface area (Å²) in [4.78, 5) is 13.4. The van der Waals surface area contributed by atoms with E-state index in [0.29, 0.717) is 42.0 Å². The molecule has 1 saturated heterocycles. The number of rotatable bonds is 8. The highest BCUT2D eigenvalue weighted by Gasteiger charge is 2.63. The lowest BCUT2D eigenvalue weighted by molar-refractivity contribution is -0.140. The molecule has 10 heteroatoms. The van der Waals surface area contributed by atoms with Crippen LogP contribution in [-0.4, -0.2) is 65.3 Å². The van der Waals surface area contributed by atoms with Gasteiger partial charge in [-0.05, 0) is 41.0 Å². The number of halogens is 1. The monoisotopic (exact) mass is 550 g/mol. The van der Waals surface area contributed by atoms with Gasteiger partial charge in [-0.3, -0.25) is 4.79 Å². The Morgan fingerprint density at radius 2 is 1.57 bits per heavy atom. The van der Waals surface area contributed by atoms with Gasteiger partial charge in [-0.25, -0.2) is 0 Å². The third kappa shape index (κ3) is 3.70. The van der Waals surface area contributed by atoms with E-state index < -0.39 is 16.3 Å². The number of ether oxygens (including phenoxy) is 8. The molecule has 0 bridgehead atoms. The van der Waals surface area contributed by atoms with Crippen LogP contribution >= 0.6 is 15.9 Å². The van der Waals surface area contributed by atoms with E-state index >= 15 is 0 Å². The van der Waals surface area contributed by atoms with Crippen LogP contribution in [0.1, 0.15) is 28.7 Å². The molecular formula is C25H27BrO9. The van der Waals surface area contributed by atoms with Crippen LogP contribution in [-0.2, 0) is 19.0 Å². The summed E-state index contributed by atoms with van der Waals surface area (Å²) >= 11 is 3.85. The molecule has 2 aliphatic heterocycles. The first-order chi connectivity index (χ1) is 17.0. The fourth-order valence-corrected chi connectivity index (χ4v) is 6.25. The Labute approximate surface area is 211 Å². The van der Waals surface area contributed by atoms with Gasteiger partial charge in [-0.2, -0.15) is 0 Å². The lowest BCUT2D eigenvalue weighted by atomic mass is 9.66. The van der Waals surface area contributed by atoms with Gasteiger partial charge in [0.2, 0.25) is 12.5 Å². The zero-order valence-corrected chi connectivity index (χ0v) is 21.5. The number of esters is 1. The molecule has 188 valence electrons. The molecule has 0 unspecified atom stereocenters. The minimum absolute atomic E-state index is 0.132. The molecule has 35 heavy (non-hydrogen) atoms. The summed E-state index contributed by atoms with van der Waals surface area (Å²) in [5.41, 5.74) is 2.55. The van der Waals surface area contributed by atoms with Crippen LogP contribution in [0.2, 0.25) is 0 Å². The second-order valence-electron chi connectivity index (χ2n) is 8.48. The average molecular weight is 551 g/mol. The first-order valence-corrected chi connectivity index (χ1v) is 12.0. The molecule has 0 radical (unpaired) electrons. The molecule has 0 amide bonds. The number of hydrogen-bond acceptors (Lipinski definition) is 9. The SMILES string of the molecule is COCCO[C@H]1c2cc3c(cc2[C@@H](c2cc(OC)c(OC)c(OC)c2)[C@]2(Br)C(=O)OC[C@H]12)OCO3. The summed E-state index contributed by atoms with van der Waals surface area (Å²) in [7, 11) is 6.29. The van der Waals surface area contributed by atoms with Gasteiger partial charge in [0.25, 0.3) is 0 Å². The molecule has 5 rings (SSSR count). The molecule has 1 fully saturated rings. The van der Waals surface area contributed by atoms with E-state index in [2.05, 4.69) is 15.9 Å². The van der Waals surface area contributed by atoms with Gasteiger partial charge in [0.05, 0.1) is 53.2 Å². The molecule has 0 aromatic heterocycles. The van der Waals surface area contributed by atoms with Gasteiger partial charge < -0.3 is 37.9 Å². The second kappa shape index (κ2) is 9.40. The Kier molecular flexibility index (Phi) is 6.45. The van der Waals surface area contributed by atoms with Crippen LogP contribution in [0.3, 0.4) is 0 Å². The Balaban J connectivity index is 1.74. The molecule has 0 spiro atoms. The predicted molar refractivity (Wildman–Crippen MR) is 127 cm³/mol. The Morgan fingerprint density at radius 3 is 2.17 bits per heavy atom. The molecule has 0 saturated carbocycles. The van der Waals surface area contributed by atoms with Crippen molar-refractivity contribution in [1.29, 1.82) is 0 Å². The Morgan fingerprint density at radius 1 is 0.914 bits per heavy atom. The fraction of sp³-hybridized carbons (Fsp3) is 0.480. The number of alkyl halides is 1. The van der Waals surface area contributed by atoms with Gasteiger partial charge >= 0.3 is 5.97 Å². The largest absolute Gasteiger partial charge is 0.493 e. The molecule has 1 aliphatic carbocycles. The Bertz CT molecular complexity index is 1110. The smallest absolute Gasteiger partial charge is 0.324 e. The highest BCUT2D eigenvalue weighted by Crippen LogP contribution is 2.61. The van der Waals surface area contributed by atoms with E-state index in [4.69, 9.17) is 37.9 Å². The van der Waals surface area contributed by atoms with E-state index in [1.165, 1.54) is 0 Å². The van der Waals surface area contributed by atoms with Gasteiger partial charge in [0, 0.05) is 13.0 Å². The number of hydrogen-bond donors (Lipinski definition) is 0. The molecular weight excluding hydrogens is 524 g/mol.